The van der Waals surface area contributed by atoms with Crippen molar-refractivity contribution in [3.05, 3.63) is 94.5 Å². The minimum absolute atomic E-state index is 0.0417. The molecule has 1 heterocycles. The molecule has 2 amide bonds. The summed E-state index contributed by atoms with van der Waals surface area (Å²) >= 11 is 6.14. The number of fused-ring (bicyclic) bond motifs is 1. The Morgan fingerprint density at radius 1 is 0.914 bits per heavy atom. The lowest BCUT2D eigenvalue weighted by Crippen LogP contribution is -2.29. The van der Waals surface area contributed by atoms with Crippen LogP contribution in [0.5, 0.6) is 0 Å². The molecule has 4 rings (SSSR count). The Morgan fingerprint density at radius 3 is 2.40 bits per heavy atom. The number of hydrogen-bond acceptors (Lipinski definition) is 4. The van der Waals surface area contributed by atoms with Crippen LogP contribution in [-0.2, 0) is 4.79 Å². The predicted octanol–water partition coefficient (Wildman–Crippen LogP) is 5.30. The van der Waals surface area contributed by atoms with Crippen LogP contribution in [0, 0.1) is 0 Å². The standard InChI is InChI=1S/C28H29ClN4O2/c1-32(2)15-8-16-33(3)28(35)20-11-7-12-22(17-20)30-26(19-9-5-4-6-10-19)25-23-14-13-21(29)18-24(23)31-27(25)34/h4-7,9-14,17-18,30H,8,15-16H2,1-3H3,(H,31,34). The van der Waals surface area contributed by atoms with Crippen molar-refractivity contribution in [2.24, 2.45) is 0 Å². The molecule has 0 atom stereocenters. The van der Waals surface area contributed by atoms with Crippen LogP contribution in [0.2, 0.25) is 5.02 Å². The van der Waals surface area contributed by atoms with Gasteiger partial charge in [0.05, 0.1) is 17.0 Å². The summed E-state index contributed by atoms with van der Waals surface area (Å²) in [6.07, 6.45) is 0.899. The summed E-state index contributed by atoms with van der Waals surface area (Å²) in [5.74, 6) is -0.249. The van der Waals surface area contributed by atoms with E-state index in [1.165, 1.54) is 0 Å². The van der Waals surface area contributed by atoms with E-state index in [1.54, 1.807) is 17.0 Å². The summed E-state index contributed by atoms with van der Waals surface area (Å²) in [4.78, 5) is 29.9. The highest BCUT2D eigenvalue weighted by molar-refractivity contribution is 6.38. The van der Waals surface area contributed by atoms with Gasteiger partial charge in [-0.2, -0.15) is 0 Å². The van der Waals surface area contributed by atoms with Gasteiger partial charge >= 0.3 is 0 Å². The van der Waals surface area contributed by atoms with Crippen LogP contribution in [0.3, 0.4) is 0 Å². The third-order valence-corrected chi connectivity index (χ3v) is 6.10. The molecular formula is C28H29ClN4O2. The molecule has 0 saturated heterocycles. The van der Waals surface area contributed by atoms with Crippen LogP contribution < -0.4 is 10.6 Å². The second kappa shape index (κ2) is 10.8. The maximum atomic E-state index is 13.0. The minimum atomic E-state index is -0.207. The minimum Gasteiger partial charge on any atom is -0.354 e. The van der Waals surface area contributed by atoms with Gasteiger partial charge in [0.15, 0.2) is 0 Å². The van der Waals surface area contributed by atoms with E-state index in [-0.39, 0.29) is 11.8 Å². The molecule has 7 heteroatoms. The zero-order valence-corrected chi connectivity index (χ0v) is 20.9. The first kappa shape index (κ1) is 24.5. The molecule has 1 aliphatic rings. The van der Waals surface area contributed by atoms with Gasteiger partial charge in [-0.15, -0.1) is 0 Å². The van der Waals surface area contributed by atoms with E-state index in [0.717, 1.165) is 29.8 Å². The molecule has 0 aromatic heterocycles. The van der Waals surface area contributed by atoms with Crippen LogP contribution in [0.1, 0.15) is 27.9 Å². The molecule has 0 radical (unpaired) electrons. The molecule has 35 heavy (non-hydrogen) atoms. The SMILES string of the molecule is CN(C)CCCN(C)C(=O)c1cccc(NC(=C2C(=O)Nc3cc(Cl)ccc32)c2ccccc2)c1. The molecule has 0 fully saturated rings. The Balaban J connectivity index is 1.67. The number of nitrogens with zero attached hydrogens (tertiary/aromatic N) is 2. The second-order valence-corrected chi connectivity index (χ2v) is 9.29. The number of benzene rings is 3. The molecule has 0 spiro atoms. The summed E-state index contributed by atoms with van der Waals surface area (Å²) in [5.41, 5.74) is 4.81. The number of amides is 2. The number of anilines is 2. The van der Waals surface area contributed by atoms with E-state index in [4.69, 9.17) is 11.6 Å². The van der Waals surface area contributed by atoms with Crippen LogP contribution in [0.25, 0.3) is 11.3 Å². The van der Waals surface area contributed by atoms with Crippen molar-refractivity contribution >= 4 is 46.1 Å². The summed E-state index contributed by atoms with van der Waals surface area (Å²) in [7, 11) is 5.86. The van der Waals surface area contributed by atoms with Crippen molar-refractivity contribution in [3.8, 4) is 0 Å². The molecule has 6 nitrogen and oxygen atoms in total. The van der Waals surface area contributed by atoms with Crippen molar-refractivity contribution < 1.29 is 9.59 Å². The van der Waals surface area contributed by atoms with E-state index in [1.807, 2.05) is 81.8 Å². The summed E-state index contributed by atoms with van der Waals surface area (Å²) in [6.45, 7) is 1.59. The average Bonchev–Trinajstić information content (AvgIpc) is 3.17. The summed E-state index contributed by atoms with van der Waals surface area (Å²) < 4.78 is 0. The Bertz CT molecular complexity index is 1270. The quantitative estimate of drug-likeness (QED) is 0.422. The number of hydrogen-bond donors (Lipinski definition) is 2. The van der Waals surface area contributed by atoms with Gasteiger partial charge < -0.3 is 20.4 Å². The van der Waals surface area contributed by atoms with Gasteiger partial charge in [0.2, 0.25) is 0 Å². The molecule has 180 valence electrons. The average molecular weight is 489 g/mol. The molecule has 3 aromatic carbocycles. The number of halogens is 1. The maximum absolute atomic E-state index is 13.0. The van der Waals surface area contributed by atoms with E-state index in [9.17, 15) is 9.59 Å². The van der Waals surface area contributed by atoms with Crippen LogP contribution in [-0.4, -0.2) is 55.8 Å². The topological polar surface area (TPSA) is 64.7 Å². The molecule has 3 aromatic rings. The molecule has 0 aliphatic carbocycles. The zero-order chi connectivity index (χ0) is 24.9. The Hall–Kier alpha value is -3.61. The Kier molecular flexibility index (Phi) is 7.54. The maximum Gasteiger partial charge on any atom is 0.258 e. The number of rotatable bonds is 8. The van der Waals surface area contributed by atoms with Gasteiger partial charge in [-0.1, -0.05) is 54.1 Å². The van der Waals surface area contributed by atoms with E-state index >= 15 is 0 Å². The van der Waals surface area contributed by atoms with Gasteiger partial charge in [0, 0.05) is 35.4 Å². The van der Waals surface area contributed by atoms with Crippen LogP contribution >= 0.6 is 11.6 Å². The predicted molar refractivity (Wildman–Crippen MR) is 144 cm³/mol. The highest BCUT2D eigenvalue weighted by Gasteiger charge is 2.28. The van der Waals surface area contributed by atoms with E-state index in [2.05, 4.69) is 15.5 Å². The zero-order valence-electron chi connectivity index (χ0n) is 20.1. The fourth-order valence-corrected chi connectivity index (χ4v) is 4.27. The fourth-order valence-electron chi connectivity index (χ4n) is 4.10. The largest absolute Gasteiger partial charge is 0.354 e. The molecule has 1 aliphatic heterocycles. The molecule has 2 N–H and O–H groups in total. The molecule has 0 unspecified atom stereocenters. The summed E-state index contributed by atoms with van der Waals surface area (Å²) in [5, 5.41) is 6.89. The third-order valence-electron chi connectivity index (χ3n) is 5.86. The lowest BCUT2D eigenvalue weighted by atomic mass is 10.00. The van der Waals surface area contributed by atoms with Gasteiger partial charge in [-0.05, 0) is 63.0 Å². The van der Waals surface area contributed by atoms with Gasteiger partial charge in [-0.25, -0.2) is 0 Å². The number of nitrogens with one attached hydrogen (secondary N) is 2. The molecule has 0 bridgehead atoms. The number of carbonyl (C=O) groups excluding carboxylic acids is 2. The van der Waals surface area contributed by atoms with E-state index < -0.39 is 0 Å². The normalized spacial score (nSPS) is 13.9. The van der Waals surface area contributed by atoms with Crippen LogP contribution in [0.4, 0.5) is 11.4 Å². The van der Waals surface area contributed by atoms with Gasteiger partial charge in [0.25, 0.3) is 11.8 Å². The smallest absolute Gasteiger partial charge is 0.258 e. The van der Waals surface area contributed by atoms with Crippen molar-refractivity contribution in [1.29, 1.82) is 0 Å². The summed E-state index contributed by atoms with van der Waals surface area (Å²) in [6, 6.07) is 22.4. The van der Waals surface area contributed by atoms with Crippen molar-refractivity contribution in [2.75, 3.05) is 44.9 Å². The first-order chi connectivity index (χ1) is 16.8. The van der Waals surface area contributed by atoms with Gasteiger partial charge in [0.1, 0.15) is 0 Å². The Labute approximate surface area is 211 Å². The third kappa shape index (κ3) is 5.73. The fraction of sp³-hybridized carbons (Fsp3) is 0.214. The molecule has 0 saturated carbocycles. The van der Waals surface area contributed by atoms with Crippen molar-refractivity contribution in [3.63, 3.8) is 0 Å². The highest BCUT2D eigenvalue weighted by Crippen LogP contribution is 2.38. The monoisotopic (exact) mass is 488 g/mol. The first-order valence-electron chi connectivity index (χ1n) is 11.5. The van der Waals surface area contributed by atoms with Crippen LogP contribution in [0.15, 0.2) is 72.8 Å². The molecular weight excluding hydrogens is 460 g/mol. The lowest BCUT2D eigenvalue weighted by molar-refractivity contribution is -0.110. The van der Waals surface area contributed by atoms with E-state index in [0.29, 0.717) is 34.1 Å². The van der Waals surface area contributed by atoms with Crippen molar-refractivity contribution in [1.82, 2.24) is 9.80 Å². The van der Waals surface area contributed by atoms with Gasteiger partial charge in [-0.3, -0.25) is 9.59 Å². The van der Waals surface area contributed by atoms with Crippen molar-refractivity contribution in [2.45, 2.75) is 6.42 Å². The number of carbonyl (C=O) groups is 2. The lowest BCUT2D eigenvalue weighted by Gasteiger charge is -2.19. The highest BCUT2D eigenvalue weighted by atomic mass is 35.5. The second-order valence-electron chi connectivity index (χ2n) is 8.85. The first-order valence-corrected chi connectivity index (χ1v) is 11.9. The Morgan fingerprint density at radius 2 is 1.66 bits per heavy atom.